The minimum Gasteiger partial charge on any atom is -0.493 e. The number of anilines is 1. The molecule has 0 bridgehead atoms. The van der Waals surface area contributed by atoms with Crippen molar-refractivity contribution in [3.8, 4) is 16.5 Å². The maximum atomic E-state index is 11.2. The molecule has 3 rings (SSSR count). The van der Waals surface area contributed by atoms with Crippen LogP contribution in [0.5, 0.6) is 5.88 Å². The molecule has 0 saturated heterocycles. The van der Waals surface area contributed by atoms with Crippen molar-refractivity contribution in [2.75, 3.05) is 5.32 Å². The van der Waals surface area contributed by atoms with Crippen LogP contribution < -0.4 is 5.32 Å². The van der Waals surface area contributed by atoms with Crippen molar-refractivity contribution >= 4 is 22.9 Å². The maximum Gasteiger partial charge on any atom is 0.228 e. The Morgan fingerprint density at radius 2 is 2.31 bits per heavy atom. The molecule has 1 aromatic carbocycles. The van der Waals surface area contributed by atoms with Crippen LogP contribution in [0.15, 0.2) is 23.6 Å². The Morgan fingerprint density at radius 3 is 3.06 bits per heavy atom. The van der Waals surface area contributed by atoms with Crippen molar-refractivity contribution in [1.82, 2.24) is 4.98 Å². The van der Waals surface area contributed by atoms with Gasteiger partial charge in [0.15, 0.2) is 0 Å². The smallest absolute Gasteiger partial charge is 0.228 e. The molecule has 4 nitrogen and oxygen atoms in total. The summed E-state index contributed by atoms with van der Waals surface area (Å²) in [7, 11) is 0. The largest absolute Gasteiger partial charge is 0.493 e. The summed E-state index contributed by atoms with van der Waals surface area (Å²) in [6, 6.07) is 5.70. The second-order valence-electron chi connectivity index (χ2n) is 3.61. The highest BCUT2D eigenvalue weighted by atomic mass is 32.1. The van der Waals surface area contributed by atoms with Crippen molar-refractivity contribution in [2.24, 2.45) is 0 Å². The number of carbonyl (C=O) groups excluding carboxylic acids is 1. The number of nitrogens with one attached hydrogen (secondary N) is 1. The zero-order chi connectivity index (χ0) is 11.1. The summed E-state index contributed by atoms with van der Waals surface area (Å²) in [6.07, 6.45) is 0.417. The van der Waals surface area contributed by atoms with Crippen LogP contribution in [-0.2, 0) is 11.2 Å². The highest BCUT2D eigenvalue weighted by Crippen LogP contribution is 2.31. The first kappa shape index (κ1) is 9.35. The number of carbonyl (C=O) groups is 1. The van der Waals surface area contributed by atoms with E-state index in [0.717, 1.165) is 21.8 Å². The van der Waals surface area contributed by atoms with Crippen molar-refractivity contribution in [3.63, 3.8) is 0 Å². The van der Waals surface area contributed by atoms with E-state index < -0.39 is 0 Å². The Bertz CT molecular complexity index is 577. The summed E-state index contributed by atoms with van der Waals surface area (Å²) in [5.41, 5.74) is 2.78. The Balaban J connectivity index is 2.05. The number of hydrogen-bond donors (Lipinski definition) is 2. The van der Waals surface area contributed by atoms with Gasteiger partial charge in [0.25, 0.3) is 0 Å². The van der Waals surface area contributed by atoms with Crippen LogP contribution >= 0.6 is 11.3 Å². The average Bonchev–Trinajstić information content (AvgIpc) is 2.81. The molecule has 0 atom stereocenters. The van der Waals surface area contributed by atoms with Gasteiger partial charge in [0.2, 0.25) is 11.8 Å². The van der Waals surface area contributed by atoms with Crippen LogP contribution in [0, 0.1) is 0 Å². The van der Waals surface area contributed by atoms with Gasteiger partial charge in [0.05, 0.1) is 11.8 Å². The highest BCUT2D eigenvalue weighted by molar-refractivity contribution is 7.13. The normalized spacial score (nSPS) is 13.6. The van der Waals surface area contributed by atoms with Crippen molar-refractivity contribution < 1.29 is 9.90 Å². The quantitative estimate of drug-likeness (QED) is 0.790. The van der Waals surface area contributed by atoms with E-state index in [1.54, 1.807) is 5.38 Å². The van der Waals surface area contributed by atoms with Crippen molar-refractivity contribution in [2.45, 2.75) is 6.42 Å². The van der Waals surface area contributed by atoms with Crippen LogP contribution in [0.2, 0.25) is 0 Å². The first-order valence-corrected chi connectivity index (χ1v) is 5.68. The molecule has 1 aliphatic heterocycles. The topological polar surface area (TPSA) is 62.2 Å². The fourth-order valence-corrected chi connectivity index (χ4v) is 2.44. The van der Waals surface area contributed by atoms with E-state index >= 15 is 0 Å². The van der Waals surface area contributed by atoms with Gasteiger partial charge < -0.3 is 10.4 Å². The lowest BCUT2D eigenvalue weighted by Crippen LogP contribution is -2.03. The number of thiazole rings is 1. The first-order chi connectivity index (χ1) is 7.72. The zero-order valence-corrected chi connectivity index (χ0v) is 9.04. The lowest BCUT2D eigenvalue weighted by molar-refractivity contribution is -0.115. The van der Waals surface area contributed by atoms with Crippen LogP contribution in [0.3, 0.4) is 0 Å². The molecule has 16 heavy (non-hydrogen) atoms. The lowest BCUT2D eigenvalue weighted by Gasteiger charge is -2.00. The molecule has 0 unspecified atom stereocenters. The Labute approximate surface area is 95.6 Å². The van der Waals surface area contributed by atoms with Gasteiger partial charge in [-0.25, -0.2) is 4.98 Å². The van der Waals surface area contributed by atoms with Crippen molar-refractivity contribution in [1.29, 1.82) is 0 Å². The molecule has 1 amide bonds. The van der Waals surface area contributed by atoms with E-state index in [4.69, 9.17) is 0 Å². The molecule has 2 N–H and O–H groups in total. The summed E-state index contributed by atoms with van der Waals surface area (Å²) in [6.45, 7) is 0. The number of hydrogen-bond acceptors (Lipinski definition) is 4. The van der Waals surface area contributed by atoms with Gasteiger partial charge in [-0.1, -0.05) is 0 Å². The molecule has 1 aromatic heterocycles. The van der Waals surface area contributed by atoms with Crippen LogP contribution in [0.1, 0.15) is 5.56 Å². The number of nitrogens with zero attached hydrogens (tertiary/aromatic N) is 1. The number of amides is 1. The number of aromatic hydroxyl groups is 1. The van der Waals surface area contributed by atoms with Gasteiger partial charge >= 0.3 is 0 Å². The predicted molar refractivity (Wildman–Crippen MR) is 61.5 cm³/mol. The molecule has 2 heterocycles. The maximum absolute atomic E-state index is 11.2. The molecule has 0 spiro atoms. The monoisotopic (exact) mass is 232 g/mol. The van der Waals surface area contributed by atoms with E-state index in [0.29, 0.717) is 6.42 Å². The second kappa shape index (κ2) is 3.31. The molecule has 80 valence electrons. The van der Waals surface area contributed by atoms with Crippen LogP contribution in [0.4, 0.5) is 5.69 Å². The Kier molecular flexibility index (Phi) is 1.94. The molecule has 0 aliphatic carbocycles. The third kappa shape index (κ3) is 1.45. The van der Waals surface area contributed by atoms with Crippen LogP contribution in [0.25, 0.3) is 10.6 Å². The minimum absolute atomic E-state index is 0.0223. The van der Waals surface area contributed by atoms with Gasteiger partial charge in [-0.05, 0) is 23.8 Å². The Hall–Kier alpha value is -1.88. The molecule has 5 heteroatoms. The van der Waals surface area contributed by atoms with E-state index in [1.165, 1.54) is 11.3 Å². The number of aromatic nitrogens is 1. The molecule has 1 aliphatic rings. The van der Waals surface area contributed by atoms with E-state index in [2.05, 4.69) is 10.3 Å². The molecule has 0 saturated carbocycles. The molecule has 2 aromatic rings. The summed E-state index contributed by atoms with van der Waals surface area (Å²) in [4.78, 5) is 15.2. The van der Waals surface area contributed by atoms with E-state index in [-0.39, 0.29) is 11.8 Å². The van der Waals surface area contributed by atoms with Crippen LogP contribution in [-0.4, -0.2) is 16.0 Å². The lowest BCUT2D eigenvalue weighted by atomic mass is 10.1. The highest BCUT2D eigenvalue weighted by Gasteiger charge is 2.18. The fraction of sp³-hybridized carbons (Fsp3) is 0.0909. The van der Waals surface area contributed by atoms with Gasteiger partial charge in [0, 0.05) is 11.3 Å². The Morgan fingerprint density at radius 1 is 1.44 bits per heavy atom. The number of rotatable bonds is 1. The van der Waals surface area contributed by atoms with Crippen molar-refractivity contribution in [3.05, 3.63) is 29.1 Å². The summed E-state index contributed by atoms with van der Waals surface area (Å²) < 4.78 is 0. The zero-order valence-electron chi connectivity index (χ0n) is 8.23. The first-order valence-electron chi connectivity index (χ1n) is 4.80. The van der Waals surface area contributed by atoms with E-state index in [1.807, 2.05) is 18.2 Å². The molecular weight excluding hydrogens is 224 g/mol. The number of benzene rings is 1. The minimum atomic E-state index is 0.0223. The third-order valence-electron chi connectivity index (χ3n) is 2.47. The fourth-order valence-electron chi connectivity index (χ4n) is 1.76. The standard InChI is InChI=1S/C11H8N2O2S/c14-9-4-7-3-6(1-2-8(7)12-9)11-13-10(15)5-16-11/h1-3,5,15H,4H2,(H,12,14). The van der Waals surface area contributed by atoms with Gasteiger partial charge in [-0.3, -0.25) is 4.79 Å². The molecule has 0 fully saturated rings. The van der Waals surface area contributed by atoms with Gasteiger partial charge in [-0.15, -0.1) is 11.3 Å². The van der Waals surface area contributed by atoms with E-state index in [9.17, 15) is 9.90 Å². The molecular formula is C11H8N2O2S. The molecule has 0 radical (unpaired) electrons. The summed E-state index contributed by atoms with van der Waals surface area (Å²) in [5, 5.41) is 14.3. The SMILES string of the molecule is O=C1Cc2cc(-c3nc(O)cs3)ccc2N1. The van der Waals surface area contributed by atoms with Gasteiger partial charge in [-0.2, -0.15) is 0 Å². The average molecular weight is 232 g/mol. The third-order valence-corrected chi connectivity index (χ3v) is 3.35. The predicted octanol–water partition coefficient (Wildman–Crippen LogP) is 2.01. The number of fused-ring (bicyclic) bond motifs is 1. The summed E-state index contributed by atoms with van der Waals surface area (Å²) >= 11 is 1.38. The van der Waals surface area contributed by atoms with Gasteiger partial charge in [0.1, 0.15) is 5.01 Å². The second-order valence-corrected chi connectivity index (χ2v) is 4.47. The summed E-state index contributed by atoms with van der Waals surface area (Å²) in [5.74, 6) is 0.0591.